The Morgan fingerprint density at radius 1 is 1.60 bits per heavy atom. The zero-order valence-corrected chi connectivity index (χ0v) is 9.85. The molecule has 2 N–H and O–H groups in total. The molecule has 5 nitrogen and oxygen atoms in total. The predicted molar refractivity (Wildman–Crippen MR) is 60.3 cm³/mol. The van der Waals surface area contributed by atoms with Gasteiger partial charge in [0, 0.05) is 12.6 Å². The Morgan fingerprint density at radius 3 is 2.93 bits per heavy atom. The van der Waals surface area contributed by atoms with Crippen molar-refractivity contribution in [3.63, 3.8) is 0 Å². The molecule has 1 atom stereocenters. The van der Waals surface area contributed by atoms with E-state index in [1.807, 2.05) is 11.6 Å². The molecule has 1 rings (SSSR count). The maximum absolute atomic E-state index is 5.71. The summed E-state index contributed by atoms with van der Waals surface area (Å²) in [6.45, 7) is 6.80. The summed E-state index contributed by atoms with van der Waals surface area (Å²) in [6.07, 6.45) is 2.62. The average molecular weight is 211 g/mol. The fraction of sp³-hybridized carbons (Fsp3) is 0.800. The van der Waals surface area contributed by atoms with Gasteiger partial charge in [-0.05, 0) is 33.9 Å². The van der Waals surface area contributed by atoms with Crippen molar-refractivity contribution >= 4 is 0 Å². The minimum absolute atomic E-state index is 0.261. The van der Waals surface area contributed by atoms with Crippen LogP contribution in [0, 0.1) is 0 Å². The number of nitrogens with two attached hydrogens (primary N) is 1. The minimum atomic E-state index is 0.261. The van der Waals surface area contributed by atoms with E-state index in [-0.39, 0.29) is 6.04 Å². The zero-order valence-electron chi connectivity index (χ0n) is 9.85. The van der Waals surface area contributed by atoms with Crippen molar-refractivity contribution in [2.75, 3.05) is 13.6 Å². The number of aryl methyl sites for hydroxylation is 1. The first kappa shape index (κ1) is 12.1. The van der Waals surface area contributed by atoms with E-state index in [1.165, 1.54) is 0 Å². The second kappa shape index (κ2) is 5.82. The van der Waals surface area contributed by atoms with Crippen LogP contribution in [0.3, 0.4) is 0 Å². The van der Waals surface area contributed by atoms with Gasteiger partial charge in [0.2, 0.25) is 0 Å². The van der Waals surface area contributed by atoms with Gasteiger partial charge in [0.1, 0.15) is 12.2 Å². The standard InChI is InChI=1S/C10H21N5/c1-4-15-10(12-8-13-15)7-14(3)6-5-9(2)11/h8-9H,4-7,11H2,1-3H3. The van der Waals surface area contributed by atoms with Crippen LogP contribution in [0.4, 0.5) is 0 Å². The predicted octanol–water partition coefficient (Wildman–Crippen LogP) is 0.467. The summed E-state index contributed by atoms with van der Waals surface area (Å²) >= 11 is 0. The summed E-state index contributed by atoms with van der Waals surface area (Å²) in [6, 6.07) is 0.261. The lowest BCUT2D eigenvalue weighted by molar-refractivity contribution is 0.299. The fourth-order valence-corrected chi connectivity index (χ4v) is 1.42. The molecule has 0 fully saturated rings. The monoisotopic (exact) mass is 211 g/mol. The highest BCUT2D eigenvalue weighted by molar-refractivity contribution is 4.83. The van der Waals surface area contributed by atoms with E-state index >= 15 is 0 Å². The molecule has 5 heteroatoms. The van der Waals surface area contributed by atoms with E-state index in [4.69, 9.17) is 5.73 Å². The van der Waals surface area contributed by atoms with Crippen molar-refractivity contribution in [1.29, 1.82) is 0 Å². The van der Waals surface area contributed by atoms with Crippen molar-refractivity contribution < 1.29 is 0 Å². The molecular formula is C10H21N5. The van der Waals surface area contributed by atoms with Crippen molar-refractivity contribution in [3.8, 4) is 0 Å². The Bertz CT molecular complexity index is 281. The summed E-state index contributed by atoms with van der Waals surface area (Å²) in [7, 11) is 2.08. The molecule has 0 spiro atoms. The molecule has 0 aliphatic carbocycles. The summed E-state index contributed by atoms with van der Waals surface area (Å²) in [5, 5.41) is 4.14. The van der Waals surface area contributed by atoms with Crippen LogP contribution in [-0.4, -0.2) is 39.3 Å². The SMILES string of the molecule is CCn1ncnc1CN(C)CCC(C)N. The molecular weight excluding hydrogens is 190 g/mol. The Kier molecular flexibility index (Phi) is 4.71. The van der Waals surface area contributed by atoms with Gasteiger partial charge in [0.05, 0.1) is 6.54 Å². The Morgan fingerprint density at radius 2 is 2.33 bits per heavy atom. The molecule has 1 aromatic rings. The highest BCUT2D eigenvalue weighted by Crippen LogP contribution is 2.00. The maximum atomic E-state index is 5.71. The molecule has 0 saturated heterocycles. The molecule has 1 unspecified atom stereocenters. The summed E-state index contributed by atoms with van der Waals surface area (Å²) in [5.74, 6) is 1.02. The van der Waals surface area contributed by atoms with E-state index < -0.39 is 0 Å². The first-order valence-corrected chi connectivity index (χ1v) is 5.44. The van der Waals surface area contributed by atoms with E-state index in [9.17, 15) is 0 Å². The first-order valence-electron chi connectivity index (χ1n) is 5.44. The van der Waals surface area contributed by atoms with Gasteiger partial charge in [-0.3, -0.25) is 4.90 Å². The van der Waals surface area contributed by atoms with Crippen LogP contribution in [0.1, 0.15) is 26.1 Å². The summed E-state index contributed by atoms with van der Waals surface area (Å²) in [4.78, 5) is 6.45. The van der Waals surface area contributed by atoms with Crippen molar-refractivity contribution in [2.45, 2.75) is 39.4 Å². The van der Waals surface area contributed by atoms with E-state index in [1.54, 1.807) is 6.33 Å². The molecule has 0 aromatic carbocycles. The molecule has 0 radical (unpaired) electrons. The van der Waals surface area contributed by atoms with Crippen LogP contribution in [0.15, 0.2) is 6.33 Å². The largest absolute Gasteiger partial charge is 0.328 e. The number of aromatic nitrogens is 3. The molecule has 0 bridgehead atoms. The minimum Gasteiger partial charge on any atom is -0.328 e. The van der Waals surface area contributed by atoms with Gasteiger partial charge < -0.3 is 5.73 Å². The van der Waals surface area contributed by atoms with E-state index in [0.717, 1.165) is 31.9 Å². The second-order valence-corrected chi connectivity index (χ2v) is 4.00. The molecule has 1 heterocycles. The van der Waals surface area contributed by atoms with Gasteiger partial charge in [-0.2, -0.15) is 5.10 Å². The lowest BCUT2D eigenvalue weighted by atomic mass is 10.2. The zero-order chi connectivity index (χ0) is 11.3. The third-order valence-electron chi connectivity index (χ3n) is 2.37. The molecule has 0 aliphatic rings. The van der Waals surface area contributed by atoms with Gasteiger partial charge in [0.15, 0.2) is 0 Å². The molecule has 15 heavy (non-hydrogen) atoms. The molecule has 1 aromatic heterocycles. The summed E-state index contributed by atoms with van der Waals surface area (Å²) in [5.41, 5.74) is 5.71. The van der Waals surface area contributed by atoms with Gasteiger partial charge >= 0.3 is 0 Å². The highest BCUT2D eigenvalue weighted by Gasteiger charge is 2.06. The number of nitrogens with zero attached hydrogens (tertiary/aromatic N) is 4. The number of rotatable bonds is 6. The van der Waals surface area contributed by atoms with Gasteiger partial charge in [-0.25, -0.2) is 9.67 Å². The Balaban J connectivity index is 2.40. The van der Waals surface area contributed by atoms with Crippen LogP contribution >= 0.6 is 0 Å². The van der Waals surface area contributed by atoms with Gasteiger partial charge in [-0.15, -0.1) is 0 Å². The van der Waals surface area contributed by atoms with Crippen LogP contribution in [0.2, 0.25) is 0 Å². The highest BCUT2D eigenvalue weighted by atomic mass is 15.3. The lowest BCUT2D eigenvalue weighted by Gasteiger charge is -2.17. The lowest BCUT2D eigenvalue weighted by Crippen LogP contribution is -2.27. The second-order valence-electron chi connectivity index (χ2n) is 4.00. The van der Waals surface area contributed by atoms with Crippen LogP contribution in [0.5, 0.6) is 0 Å². The third-order valence-corrected chi connectivity index (χ3v) is 2.37. The Labute approximate surface area is 91.3 Å². The molecule has 86 valence electrons. The van der Waals surface area contributed by atoms with Gasteiger partial charge in [-0.1, -0.05) is 0 Å². The van der Waals surface area contributed by atoms with Crippen LogP contribution in [-0.2, 0) is 13.1 Å². The normalized spacial score (nSPS) is 13.4. The number of hydrogen-bond donors (Lipinski definition) is 1. The maximum Gasteiger partial charge on any atom is 0.140 e. The van der Waals surface area contributed by atoms with Crippen molar-refractivity contribution in [1.82, 2.24) is 19.7 Å². The molecule has 0 amide bonds. The smallest absolute Gasteiger partial charge is 0.140 e. The van der Waals surface area contributed by atoms with Crippen molar-refractivity contribution in [2.24, 2.45) is 5.73 Å². The summed E-state index contributed by atoms with van der Waals surface area (Å²) < 4.78 is 1.92. The number of hydrogen-bond acceptors (Lipinski definition) is 4. The topological polar surface area (TPSA) is 60.0 Å². The average Bonchev–Trinajstić information content (AvgIpc) is 2.62. The van der Waals surface area contributed by atoms with E-state index in [2.05, 4.69) is 29.0 Å². The Hall–Kier alpha value is -0.940. The fourth-order valence-electron chi connectivity index (χ4n) is 1.42. The third kappa shape index (κ3) is 3.97. The quantitative estimate of drug-likeness (QED) is 0.743. The van der Waals surface area contributed by atoms with Crippen LogP contribution in [0.25, 0.3) is 0 Å². The van der Waals surface area contributed by atoms with E-state index in [0.29, 0.717) is 0 Å². The molecule has 0 aliphatic heterocycles. The van der Waals surface area contributed by atoms with Crippen LogP contribution < -0.4 is 5.73 Å². The molecule has 0 saturated carbocycles. The first-order chi connectivity index (χ1) is 7.13. The van der Waals surface area contributed by atoms with Crippen molar-refractivity contribution in [3.05, 3.63) is 12.2 Å². The van der Waals surface area contributed by atoms with Gasteiger partial charge in [0.25, 0.3) is 0 Å².